The molecule has 2 N–H and O–H groups in total. The number of aliphatic hydroxyl groups is 1. The van der Waals surface area contributed by atoms with E-state index in [2.05, 4.69) is 10.4 Å². The number of β-amino-alcohol motifs (C(OH)–C–C–N with tert-alkyl or cyclic N) is 1. The summed E-state index contributed by atoms with van der Waals surface area (Å²) in [6.07, 6.45) is -0.760. The number of aliphatic hydroxyl groups excluding tert-OH is 1. The average molecular weight is 374 g/mol. The van der Waals surface area contributed by atoms with Crippen molar-refractivity contribution in [3.63, 3.8) is 0 Å². The fourth-order valence-electron chi connectivity index (χ4n) is 3.04. The first-order valence-corrected chi connectivity index (χ1v) is 8.91. The molecule has 27 heavy (non-hydrogen) atoms. The summed E-state index contributed by atoms with van der Waals surface area (Å²) in [5.41, 5.74) is 1.21. The Morgan fingerprint density at radius 1 is 1.41 bits per heavy atom. The topological polar surface area (TPSA) is 87.5 Å². The van der Waals surface area contributed by atoms with Gasteiger partial charge < -0.3 is 15.3 Å². The highest BCUT2D eigenvalue weighted by Gasteiger charge is 2.26. The number of amides is 2. The molecule has 0 saturated heterocycles. The van der Waals surface area contributed by atoms with Gasteiger partial charge in [-0.25, -0.2) is 4.39 Å². The molecule has 2 amide bonds. The van der Waals surface area contributed by atoms with Crippen LogP contribution in [0.15, 0.2) is 30.3 Å². The zero-order valence-corrected chi connectivity index (χ0v) is 15.4. The quantitative estimate of drug-likeness (QED) is 0.829. The Bertz CT molecular complexity index is 832. The number of rotatable bonds is 5. The monoisotopic (exact) mass is 374 g/mol. The van der Waals surface area contributed by atoms with Crippen molar-refractivity contribution in [1.82, 2.24) is 20.0 Å². The smallest absolute Gasteiger partial charge is 0.274 e. The van der Waals surface area contributed by atoms with Gasteiger partial charge in [0.1, 0.15) is 11.5 Å². The van der Waals surface area contributed by atoms with Gasteiger partial charge in [-0.15, -0.1) is 0 Å². The molecular formula is C19H23FN4O3. The Hall–Kier alpha value is -2.74. The van der Waals surface area contributed by atoms with E-state index in [1.807, 2.05) is 13.8 Å². The average Bonchev–Trinajstić information content (AvgIpc) is 2.98. The third-order valence-corrected chi connectivity index (χ3v) is 4.27. The van der Waals surface area contributed by atoms with Gasteiger partial charge in [0.25, 0.3) is 11.8 Å². The van der Waals surface area contributed by atoms with Crippen LogP contribution in [0.3, 0.4) is 0 Å². The number of fused-ring (bicyclic) bond motifs is 1. The molecule has 0 aliphatic carbocycles. The van der Waals surface area contributed by atoms with E-state index >= 15 is 0 Å². The van der Waals surface area contributed by atoms with Crippen LogP contribution in [0.25, 0.3) is 0 Å². The van der Waals surface area contributed by atoms with Crippen LogP contribution in [0.2, 0.25) is 0 Å². The molecule has 0 spiro atoms. The van der Waals surface area contributed by atoms with Crippen molar-refractivity contribution < 1.29 is 19.1 Å². The number of hydrogen-bond donors (Lipinski definition) is 2. The van der Waals surface area contributed by atoms with Gasteiger partial charge in [-0.05, 0) is 23.6 Å². The molecule has 144 valence electrons. The van der Waals surface area contributed by atoms with Gasteiger partial charge in [-0.3, -0.25) is 14.3 Å². The van der Waals surface area contributed by atoms with Crippen molar-refractivity contribution in [3.05, 3.63) is 53.1 Å². The van der Waals surface area contributed by atoms with Gasteiger partial charge in [-0.1, -0.05) is 26.0 Å². The van der Waals surface area contributed by atoms with Crippen molar-refractivity contribution in [1.29, 1.82) is 0 Å². The summed E-state index contributed by atoms with van der Waals surface area (Å²) in [6.45, 7) is 5.09. The normalized spacial score (nSPS) is 16.6. The summed E-state index contributed by atoms with van der Waals surface area (Å²) in [5.74, 6) is -0.786. The highest BCUT2D eigenvalue weighted by atomic mass is 19.1. The molecule has 2 aromatic rings. The Morgan fingerprint density at radius 2 is 2.11 bits per heavy atom. The highest BCUT2D eigenvalue weighted by Crippen LogP contribution is 2.15. The first-order valence-electron chi connectivity index (χ1n) is 8.91. The van der Waals surface area contributed by atoms with Gasteiger partial charge in [0.15, 0.2) is 5.69 Å². The second-order valence-corrected chi connectivity index (χ2v) is 7.17. The summed E-state index contributed by atoms with van der Waals surface area (Å²) < 4.78 is 14.5. The molecule has 8 heteroatoms. The van der Waals surface area contributed by atoms with Crippen molar-refractivity contribution in [2.75, 3.05) is 13.1 Å². The molecule has 2 heterocycles. The molecule has 1 aromatic carbocycles. The Labute approximate surface area is 156 Å². The number of nitrogens with zero attached hydrogens (tertiary/aromatic N) is 3. The lowest BCUT2D eigenvalue weighted by molar-refractivity contribution is 0.0714. The van der Waals surface area contributed by atoms with Crippen LogP contribution >= 0.6 is 0 Å². The maximum absolute atomic E-state index is 13.1. The maximum Gasteiger partial charge on any atom is 0.274 e. The van der Waals surface area contributed by atoms with Crippen molar-refractivity contribution in [2.24, 2.45) is 5.92 Å². The Kier molecular flexibility index (Phi) is 5.55. The number of halogens is 1. The minimum absolute atomic E-state index is 0.142. The molecule has 0 radical (unpaired) electrons. The fourth-order valence-corrected chi connectivity index (χ4v) is 3.04. The summed E-state index contributed by atoms with van der Waals surface area (Å²) in [6, 6.07) is 7.45. The van der Waals surface area contributed by atoms with Crippen molar-refractivity contribution in [3.8, 4) is 0 Å². The third-order valence-electron chi connectivity index (χ3n) is 4.27. The first kappa shape index (κ1) is 19.0. The van der Waals surface area contributed by atoms with E-state index in [4.69, 9.17) is 0 Å². The van der Waals surface area contributed by atoms with Gasteiger partial charge in [0.05, 0.1) is 12.6 Å². The Balaban J connectivity index is 1.85. The molecule has 1 atom stereocenters. The number of carbonyl (C=O) groups is 2. The SMILES string of the molecule is CC(C)CN(Cc1ccc(F)cc1)C(=O)c1cc2n(n1)CC(O)CNC2=O. The van der Waals surface area contributed by atoms with E-state index in [-0.39, 0.29) is 48.0 Å². The van der Waals surface area contributed by atoms with Gasteiger partial charge in [-0.2, -0.15) is 5.10 Å². The van der Waals surface area contributed by atoms with Crippen molar-refractivity contribution >= 4 is 11.8 Å². The van der Waals surface area contributed by atoms with Crippen LogP contribution in [0, 0.1) is 11.7 Å². The summed E-state index contributed by atoms with van der Waals surface area (Å²) >= 11 is 0. The largest absolute Gasteiger partial charge is 0.389 e. The lowest BCUT2D eigenvalue weighted by atomic mass is 10.1. The second kappa shape index (κ2) is 7.87. The lowest BCUT2D eigenvalue weighted by Crippen LogP contribution is -2.34. The molecule has 0 bridgehead atoms. The summed E-state index contributed by atoms with van der Waals surface area (Å²) in [5, 5.41) is 16.7. The molecule has 7 nitrogen and oxygen atoms in total. The predicted octanol–water partition coefficient (Wildman–Crippen LogP) is 1.42. The van der Waals surface area contributed by atoms with Crippen LogP contribution in [0.4, 0.5) is 4.39 Å². The van der Waals surface area contributed by atoms with Gasteiger partial charge in [0, 0.05) is 25.7 Å². The van der Waals surface area contributed by atoms with Crippen LogP contribution in [0.5, 0.6) is 0 Å². The van der Waals surface area contributed by atoms with E-state index in [0.717, 1.165) is 5.56 Å². The minimum atomic E-state index is -0.760. The highest BCUT2D eigenvalue weighted by molar-refractivity contribution is 5.98. The van der Waals surface area contributed by atoms with E-state index in [1.165, 1.54) is 22.9 Å². The molecular weight excluding hydrogens is 351 g/mol. The molecule has 0 fully saturated rings. The lowest BCUT2D eigenvalue weighted by Gasteiger charge is -2.24. The molecule has 1 aromatic heterocycles. The van der Waals surface area contributed by atoms with Gasteiger partial charge in [0.2, 0.25) is 0 Å². The predicted molar refractivity (Wildman–Crippen MR) is 96.5 cm³/mol. The van der Waals surface area contributed by atoms with Crippen LogP contribution in [0.1, 0.15) is 40.4 Å². The number of carbonyl (C=O) groups excluding carboxylic acids is 2. The summed E-state index contributed by atoms with van der Waals surface area (Å²) in [7, 11) is 0. The zero-order chi connectivity index (χ0) is 19.6. The van der Waals surface area contributed by atoms with Crippen LogP contribution in [-0.2, 0) is 13.1 Å². The maximum atomic E-state index is 13.1. The van der Waals surface area contributed by atoms with Gasteiger partial charge >= 0.3 is 0 Å². The second-order valence-electron chi connectivity index (χ2n) is 7.17. The minimum Gasteiger partial charge on any atom is -0.389 e. The van der Waals surface area contributed by atoms with Crippen LogP contribution < -0.4 is 5.32 Å². The summed E-state index contributed by atoms with van der Waals surface area (Å²) in [4.78, 5) is 26.8. The van der Waals surface area contributed by atoms with E-state index in [0.29, 0.717) is 13.1 Å². The molecule has 0 saturated carbocycles. The number of aromatic nitrogens is 2. The van der Waals surface area contributed by atoms with Crippen molar-refractivity contribution in [2.45, 2.75) is 33.0 Å². The fraction of sp³-hybridized carbons (Fsp3) is 0.421. The molecule has 1 unspecified atom stereocenters. The number of nitrogens with one attached hydrogen (secondary N) is 1. The van der Waals surface area contributed by atoms with Crippen LogP contribution in [-0.4, -0.2) is 50.8 Å². The molecule has 3 rings (SSSR count). The van der Waals surface area contributed by atoms with E-state index < -0.39 is 6.10 Å². The zero-order valence-electron chi connectivity index (χ0n) is 15.4. The number of hydrogen-bond acceptors (Lipinski definition) is 4. The van der Waals surface area contributed by atoms with E-state index in [9.17, 15) is 19.1 Å². The first-order chi connectivity index (χ1) is 12.8. The molecule has 1 aliphatic heterocycles. The Morgan fingerprint density at radius 3 is 2.78 bits per heavy atom. The molecule has 1 aliphatic rings. The van der Waals surface area contributed by atoms with E-state index in [1.54, 1.807) is 17.0 Å². The number of benzene rings is 1. The standard InChI is InChI=1S/C19H23FN4O3/c1-12(2)9-23(10-13-3-5-14(20)6-4-13)19(27)16-7-17-18(26)21-8-15(25)11-24(17)22-16/h3-7,12,15,25H,8-11H2,1-2H3,(H,21,26). The third kappa shape index (κ3) is 4.51.